The van der Waals surface area contributed by atoms with Gasteiger partial charge in [0.05, 0.1) is 0 Å². The highest BCUT2D eigenvalue weighted by atomic mass is 16.3. The summed E-state index contributed by atoms with van der Waals surface area (Å²) in [5.74, 6) is 0.00442. The molecule has 1 aromatic carbocycles. The van der Waals surface area contributed by atoms with E-state index in [1.807, 2.05) is 0 Å². The van der Waals surface area contributed by atoms with E-state index in [1.54, 1.807) is 12.1 Å². The van der Waals surface area contributed by atoms with Crippen molar-refractivity contribution >= 4 is 11.6 Å². The highest BCUT2D eigenvalue weighted by Gasteiger charge is 2.01. The van der Waals surface area contributed by atoms with Crippen LogP contribution in [0, 0.1) is 0 Å². The molecule has 0 atom stereocenters. The lowest BCUT2D eigenvalue weighted by atomic mass is 10.2. The fraction of sp³-hybridized carbons (Fsp3) is 0.222. The van der Waals surface area contributed by atoms with Gasteiger partial charge in [0.2, 0.25) is 5.91 Å². The zero-order valence-corrected chi connectivity index (χ0v) is 7.37. The lowest BCUT2D eigenvalue weighted by Gasteiger charge is -2.05. The third-order valence-electron chi connectivity index (χ3n) is 1.63. The molecule has 0 saturated heterocycles. The number of amides is 1. The van der Waals surface area contributed by atoms with Gasteiger partial charge in [-0.05, 0) is 18.2 Å². The fourth-order valence-electron chi connectivity index (χ4n) is 0.967. The number of anilines is 1. The van der Waals surface area contributed by atoms with E-state index >= 15 is 0 Å². The second-order valence-corrected chi connectivity index (χ2v) is 2.80. The highest BCUT2D eigenvalue weighted by molar-refractivity contribution is 5.73. The Morgan fingerprint density at radius 3 is 2.92 bits per heavy atom. The first-order chi connectivity index (χ1) is 6.09. The number of carbonyl (C=O) groups excluding carboxylic acids is 1. The van der Waals surface area contributed by atoms with Crippen molar-refractivity contribution in [3.63, 3.8) is 0 Å². The maximum Gasteiger partial charge on any atom is 0.217 e. The molecule has 0 heterocycles. The second kappa shape index (κ2) is 3.80. The van der Waals surface area contributed by atoms with Gasteiger partial charge in [-0.1, -0.05) is 0 Å². The molecule has 4 nitrogen and oxygen atoms in total. The molecule has 1 amide bonds. The van der Waals surface area contributed by atoms with Crippen molar-refractivity contribution in [2.24, 2.45) is 0 Å². The van der Waals surface area contributed by atoms with Crippen LogP contribution >= 0.6 is 0 Å². The number of rotatable bonds is 2. The van der Waals surface area contributed by atoms with Crippen molar-refractivity contribution in [1.29, 1.82) is 0 Å². The van der Waals surface area contributed by atoms with Crippen LogP contribution in [0.5, 0.6) is 5.75 Å². The van der Waals surface area contributed by atoms with Crippen molar-refractivity contribution in [3.8, 4) is 5.75 Å². The van der Waals surface area contributed by atoms with Gasteiger partial charge in [-0.15, -0.1) is 0 Å². The van der Waals surface area contributed by atoms with Crippen molar-refractivity contribution in [2.75, 3.05) is 5.73 Å². The van der Waals surface area contributed by atoms with Crippen molar-refractivity contribution < 1.29 is 9.90 Å². The standard InChI is InChI=1S/C9H12N2O2/c1-6(12)11-5-7-4-8(10)2-3-9(7)13/h2-4,13H,5,10H2,1H3,(H,11,12). The Balaban J connectivity index is 2.75. The van der Waals surface area contributed by atoms with Crippen LogP contribution in [0.15, 0.2) is 18.2 Å². The predicted octanol–water partition coefficient (Wildman–Crippen LogP) is 0.610. The summed E-state index contributed by atoms with van der Waals surface area (Å²) < 4.78 is 0. The van der Waals surface area contributed by atoms with Gasteiger partial charge in [0.15, 0.2) is 0 Å². The average molecular weight is 180 g/mol. The molecule has 0 aromatic heterocycles. The van der Waals surface area contributed by atoms with Gasteiger partial charge in [0.1, 0.15) is 5.75 Å². The molecule has 0 aliphatic rings. The van der Waals surface area contributed by atoms with E-state index in [1.165, 1.54) is 13.0 Å². The molecule has 1 rings (SSSR count). The number of nitrogens with two attached hydrogens (primary N) is 1. The Hall–Kier alpha value is -1.71. The van der Waals surface area contributed by atoms with E-state index in [0.717, 1.165) is 0 Å². The van der Waals surface area contributed by atoms with Gasteiger partial charge >= 0.3 is 0 Å². The average Bonchev–Trinajstić information content (AvgIpc) is 2.06. The first-order valence-electron chi connectivity index (χ1n) is 3.91. The Morgan fingerprint density at radius 1 is 1.62 bits per heavy atom. The van der Waals surface area contributed by atoms with Crippen LogP contribution < -0.4 is 11.1 Å². The summed E-state index contributed by atoms with van der Waals surface area (Å²) >= 11 is 0. The van der Waals surface area contributed by atoms with E-state index in [-0.39, 0.29) is 11.7 Å². The summed E-state index contributed by atoms with van der Waals surface area (Å²) in [5, 5.41) is 11.9. The molecule has 0 unspecified atom stereocenters. The molecule has 0 bridgehead atoms. The molecule has 70 valence electrons. The van der Waals surface area contributed by atoms with Crippen LogP contribution in [0.25, 0.3) is 0 Å². The quantitative estimate of drug-likeness (QED) is 0.461. The molecule has 0 radical (unpaired) electrons. The SMILES string of the molecule is CC(=O)NCc1cc(N)ccc1O. The lowest BCUT2D eigenvalue weighted by Crippen LogP contribution is -2.18. The molecule has 1 aromatic rings. The number of phenolic OH excluding ortho intramolecular Hbond substituents is 1. The normalized spacial score (nSPS) is 9.62. The van der Waals surface area contributed by atoms with E-state index in [4.69, 9.17) is 5.73 Å². The third kappa shape index (κ3) is 2.66. The topological polar surface area (TPSA) is 75.4 Å². The van der Waals surface area contributed by atoms with Crippen LogP contribution in [-0.4, -0.2) is 11.0 Å². The van der Waals surface area contributed by atoms with Gasteiger partial charge in [0.25, 0.3) is 0 Å². The first-order valence-corrected chi connectivity index (χ1v) is 3.91. The van der Waals surface area contributed by atoms with Crippen molar-refractivity contribution in [3.05, 3.63) is 23.8 Å². The van der Waals surface area contributed by atoms with Gasteiger partial charge in [-0.2, -0.15) is 0 Å². The Bertz CT molecular complexity index is 323. The minimum atomic E-state index is -0.137. The third-order valence-corrected chi connectivity index (χ3v) is 1.63. The number of nitrogens with one attached hydrogen (secondary N) is 1. The molecule has 4 N–H and O–H groups in total. The fourth-order valence-corrected chi connectivity index (χ4v) is 0.967. The number of hydrogen-bond acceptors (Lipinski definition) is 3. The number of phenols is 1. The Morgan fingerprint density at radius 2 is 2.31 bits per heavy atom. The minimum absolute atomic E-state index is 0.137. The van der Waals surface area contributed by atoms with Crippen molar-refractivity contribution in [1.82, 2.24) is 5.32 Å². The zero-order valence-electron chi connectivity index (χ0n) is 7.37. The first kappa shape index (κ1) is 9.38. The number of hydrogen-bond donors (Lipinski definition) is 3. The summed E-state index contributed by atoms with van der Waals surface area (Å²) in [7, 11) is 0. The molecule has 0 spiro atoms. The number of nitrogen functional groups attached to an aromatic ring is 1. The Labute approximate surface area is 76.4 Å². The van der Waals surface area contributed by atoms with E-state index in [2.05, 4.69) is 5.32 Å². The van der Waals surface area contributed by atoms with E-state index in [9.17, 15) is 9.90 Å². The Kier molecular flexibility index (Phi) is 2.74. The zero-order chi connectivity index (χ0) is 9.84. The predicted molar refractivity (Wildman–Crippen MR) is 50.0 cm³/mol. The summed E-state index contributed by atoms with van der Waals surface area (Å²) in [5.41, 5.74) is 6.70. The molecular weight excluding hydrogens is 168 g/mol. The van der Waals surface area contributed by atoms with Crippen LogP contribution in [0.4, 0.5) is 5.69 Å². The van der Waals surface area contributed by atoms with Crippen LogP contribution in [0.2, 0.25) is 0 Å². The van der Waals surface area contributed by atoms with Crippen LogP contribution in [0.3, 0.4) is 0 Å². The van der Waals surface area contributed by atoms with E-state index in [0.29, 0.717) is 17.8 Å². The second-order valence-electron chi connectivity index (χ2n) is 2.80. The highest BCUT2D eigenvalue weighted by Crippen LogP contribution is 2.19. The van der Waals surface area contributed by atoms with Crippen molar-refractivity contribution in [2.45, 2.75) is 13.5 Å². The summed E-state index contributed by atoms with van der Waals surface area (Å²) in [6.45, 7) is 1.72. The largest absolute Gasteiger partial charge is 0.508 e. The van der Waals surface area contributed by atoms with Crippen LogP contribution in [0.1, 0.15) is 12.5 Å². The van der Waals surface area contributed by atoms with Gasteiger partial charge in [-0.3, -0.25) is 4.79 Å². The smallest absolute Gasteiger partial charge is 0.217 e. The molecule has 4 heteroatoms. The molecule has 0 aliphatic carbocycles. The maximum absolute atomic E-state index is 10.6. The van der Waals surface area contributed by atoms with Gasteiger partial charge in [0, 0.05) is 24.7 Å². The molecule has 13 heavy (non-hydrogen) atoms. The van der Waals surface area contributed by atoms with Crippen LogP contribution in [-0.2, 0) is 11.3 Å². The number of carbonyl (C=O) groups is 1. The summed E-state index contributed by atoms with van der Waals surface area (Å²) in [6, 6.07) is 4.74. The van der Waals surface area contributed by atoms with E-state index < -0.39 is 0 Å². The maximum atomic E-state index is 10.6. The lowest BCUT2D eigenvalue weighted by molar-refractivity contribution is -0.119. The number of aromatic hydroxyl groups is 1. The molecular formula is C9H12N2O2. The van der Waals surface area contributed by atoms with Gasteiger partial charge < -0.3 is 16.2 Å². The molecule has 0 aliphatic heterocycles. The molecule has 0 fully saturated rings. The van der Waals surface area contributed by atoms with Gasteiger partial charge in [-0.25, -0.2) is 0 Å². The minimum Gasteiger partial charge on any atom is -0.508 e. The summed E-state index contributed by atoms with van der Waals surface area (Å²) in [6.07, 6.45) is 0. The molecule has 0 saturated carbocycles. The number of benzene rings is 1. The monoisotopic (exact) mass is 180 g/mol. The summed E-state index contributed by atoms with van der Waals surface area (Å²) in [4.78, 5) is 10.6.